The lowest BCUT2D eigenvalue weighted by Gasteiger charge is -2.14. The number of amides is 1. The van der Waals surface area contributed by atoms with Gasteiger partial charge in [-0.2, -0.15) is 0 Å². The average molecular weight is 266 g/mol. The summed E-state index contributed by atoms with van der Waals surface area (Å²) < 4.78 is 4.86. The summed E-state index contributed by atoms with van der Waals surface area (Å²) >= 11 is 0. The fourth-order valence-electron chi connectivity index (χ4n) is 1.64. The topological polar surface area (TPSA) is 88.5 Å². The number of ether oxygens (including phenoxy) is 1. The second kappa shape index (κ2) is 7.48. The van der Waals surface area contributed by atoms with Crippen molar-refractivity contribution in [1.82, 2.24) is 10.3 Å². The number of aliphatic carboxylic acids is 1. The predicted octanol–water partition coefficient (Wildman–Crippen LogP) is 1.000. The molecule has 19 heavy (non-hydrogen) atoms. The Balaban J connectivity index is 2.66. The maximum absolute atomic E-state index is 11.9. The summed E-state index contributed by atoms with van der Waals surface area (Å²) in [6.45, 7) is 2.21. The highest BCUT2D eigenvalue weighted by atomic mass is 16.5. The number of carboxylic acids is 1. The Morgan fingerprint density at radius 1 is 1.53 bits per heavy atom. The minimum absolute atomic E-state index is 0.250. The highest BCUT2D eigenvalue weighted by Crippen LogP contribution is 2.05. The number of hydrogen-bond donors (Lipinski definition) is 2. The SMILES string of the molecule is COCCCC(NC(=O)c1ncccc1C)C(=O)O. The average Bonchev–Trinajstić information content (AvgIpc) is 2.38. The van der Waals surface area contributed by atoms with Gasteiger partial charge in [0.2, 0.25) is 0 Å². The Hall–Kier alpha value is -1.95. The summed E-state index contributed by atoms with van der Waals surface area (Å²) in [7, 11) is 1.55. The zero-order valence-corrected chi connectivity index (χ0v) is 11.0. The first-order valence-electron chi connectivity index (χ1n) is 6.00. The van der Waals surface area contributed by atoms with Gasteiger partial charge in [-0.15, -0.1) is 0 Å². The van der Waals surface area contributed by atoms with Crippen molar-refractivity contribution in [3.8, 4) is 0 Å². The van der Waals surface area contributed by atoms with Gasteiger partial charge in [-0.1, -0.05) is 6.07 Å². The molecule has 1 unspecified atom stereocenters. The zero-order valence-electron chi connectivity index (χ0n) is 11.0. The lowest BCUT2D eigenvalue weighted by molar-refractivity contribution is -0.139. The smallest absolute Gasteiger partial charge is 0.326 e. The summed E-state index contributed by atoms with van der Waals surface area (Å²) in [6.07, 6.45) is 2.39. The van der Waals surface area contributed by atoms with Crippen LogP contribution < -0.4 is 5.32 Å². The molecule has 1 amide bonds. The molecule has 0 aliphatic heterocycles. The molecule has 1 aromatic rings. The molecular weight excluding hydrogens is 248 g/mol. The van der Waals surface area contributed by atoms with E-state index in [1.807, 2.05) is 0 Å². The third-order valence-electron chi connectivity index (χ3n) is 2.67. The van der Waals surface area contributed by atoms with Crippen LogP contribution in [0.5, 0.6) is 0 Å². The number of aryl methyl sites for hydroxylation is 1. The number of aromatic nitrogens is 1. The monoisotopic (exact) mass is 266 g/mol. The van der Waals surface area contributed by atoms with Gasteiger partial charge in [0.25, 0.3) is 5.91 Å². The lowest BCUT2D eigenvalue weighted by atomic mass is 10.1. The van der Waals surface area contributed by atoms with E-state index in [1.54, 1.807) is 26.2 Å². The van der Waals surface area contributed by atoms with Gasteiger partial charge in [-0.3, -0.25) is 9.78 Å². The maximum Gasteiger partial charge on any atom is 0.326 e. The minimum Gasteiger partial charge on any atom is -0.480 e. The van der Waals surface area contributed by atoms with Gasteiger partial charge >= 0.3 is 5.97 Å². The first-order chi connectivity index (χ1) is 9.06. The number of carbonyl (C=O) groups excluding carboxylic acids is 1. The molecule has 1 atom stereocenters. The fraction of sp³-hybridized carbons (Fsp3) is 0.462. The molecule has 104 valence electrons. The lowest BCUT2D eigenvalue weighted by Crippen LogP contribution is -2.41. The third kappa shape index (κ3) is 4.67. The van der Waals surface area contributed by atoms with Gasteiger partial charge in [-0.25, -0.2) is 4.79 Å². The van der Waals surface area contributed by atoms with Crippen LogP contribution in [0.3, 0.4) is 0 Å². The van der Waals surface area contributed by atoms with Crippen molar-refractivity contribution in [2.45, 2.75) is 25.8 Å². The molecular formula is C13H18N2O4. The highest BCUT2D eigenvalue weighted by molar-refractivity contribution is 5.96. The van der Waals surface area contributed by atoms with Crippen LogP contribution in [-0.4, -0.2) is 41.7 Å². The Kier molecular flexibility index (Phi) is 5.95. The van der Waals surface area contributed by atoms with Crippen LogP contribution in [0.2, 0.25) is 0 Å². The van der Waals surface area contributed by atoms with Crippen LogP contribution in [0, 0.1) is 6.92 Å². The Bertz CT molecular complexity index is 448. The fourth-order valence-corrected chi connectivity index (χ4v) is 1.64. The number of nitrogens with one attached hydrogen (secondary N) is 1. The zero-order chi connectivity index (χ0) is 14.3. The summed E-state index contributed by atoms with van der Waals surface area (Å²) in [5.41, 5.74) is 0.960. The summed E-state index contributed by atoms with van der Waals surface area (Å²) in [5.74, 6) is -1.53. The van der Waals surface area contributed by atoms with Gasteiger partial charge in [0.05, 0.1) is 0 Å². The molecule has 1 aromatic heterocycles. The van der Waals surface area contributed by atoms with Crippen LogP contribution in [0.15, 0.2) is 18.3 Å². The molecule has 0 saturated carbocycles. The quantitative estimate of drug-likeness (QED) is 0.719. The van der Waals surface area contributed by atoms with Crippen LogP contribution in [0.25, 0.3) is 0 Å². The Morgan fingerprint density at radius 2 is 2.26 bits per heavy atom. The van der Waals surface area contributed by atoms with Crippen molar-refractivity contribution < 1.29 is 19.4 Å². The highest BCUT2D eigenvalue weighted by Gasteiger charge is 2.21. The second-order valence-corrected chi connectivity index (χ2v) is 4.17. The molecule has 1 rings (SSSR count). The first kappa shape index (κ1) is 15.1. The van der Waals surface area contributed by atoms with Crippen molar-refractivity contribution >= 4 is 11.9 Å². The van der Waals surface area contributed by atoms with Crippen LogP contribution in [0.1, 0.15) is 28.9 Å². The maximum atomic E-state index is 11.9. The molecule has 0 bridgehead atoms. The van der Waals surface area contributed by atoms with Gasteiger partial charge in [-0.05, 0) is 31.4 Å². The molecule has 0 aromatic carbocycles. The number of carboxylic acid groups (broad SMARTS) is 1. The molecule has 0 spiro atoms. The molecule has 0 aliphatic carbocycles. The van der Waals surface area contributed by atoms with Crippen LogP contribution in [0.4, 0.5) is 0 Å². The van der Waals surface area contributed by atoms with E-state index < -0.39 is 17.9 Å². The van der Waals surface area contributed by atoms with E-state index in [0.717, 1.165) is 0 Å². The Morgan fingerprint density at radius 3 is 2.84 bits per heavy atom. The molecule has 0 radical (unpaired) electrons. The standard InChI is InChI=1S/C13H18N2O4/c1-9-5-3-7-14-11(9)12(16)15-10(13(17)18)6-4-8-19-2/h3,5,7,10H,4,6,8H2,1-2H3,(H,15,16)(H,17,18). The molecule has 0 aliphatic rings. The predicted molar refractivity (Wildman–Crippen MR) is 69.0 cm³/mol. The van der Waals surface area contributed by atoms with Gasteiger partial charge in [0.1, 0.15) is 11.7 Å². The second-order valence-electron chi connectivity index (χ2n) is 4.17. The Labute approximate surface area is 111 Å². The number of carbonyl (C=O) groups is 2. The van der Waals surface area contributed by atoms with E-state index >= 15 is 0 Å². The van der Waals surface area contributed by atoms with Crippen molar-refractivity contribution in [2.75, 3.05) is 13.7 Å². The molecule has 6 nitrogen and oxygen atoms in total. The molecule has 0 saturated heterocycles. The first-order valence-corrected chi connectivity index (χ1v) is 6.00. The van der Waals surface area contributed by atoms with E-state index in [2.05, 4.69) is 10.3 Å². The molecule has 1 heterocycles. The molecule has 2 N–H and O–H groups in total. The van der Waals surface area contributed by atoms with Crippen molar-refractivity contribution in [1.29, 1.82) is 0 Å². The van der Waals surface area contributed by atoms with Crippen LogP contribution in [-0.2, 0) is 9.53 Å². The van der Waals surface area contributed by atoms with E-state index in [4.69, 9.17) is 9.84 Å². The number of pyridine rings is 1. The van der Waals surface area contributed by atoms with Crippen molar-refractivity contribution in [2.24, 2.45) is 0 Å². The summed E-state index contributed by atoms with van der Waals surface area (Å²) in [6, 6.07) is 2.55. The van der Waals surface area contributed by atoms with Gasteiger partial charge in [0.15, 0.2) is 0 Å². The number of rotatable bonds is 7. The third-order valence-corrected chi connectivity index (χ3v) is 2.67. The van der Waals surface area contributed by atoms with E-state index in [0.29, 0.717) is 25.0 Å². The number of nitrogens with zero attached hydrogens (tertiary/aromatic N) is 1. The summed E-state index contributed by atoms with van der Waals surface area (Å²) in [5, 5.41) is 11.5. The summed E-state index contributed by atoms with van der Waals surface area (Å²) in [4.78, 5) is 27.0. The van der Waals surface area contributed by atoms with E-state index in [1.165, 1.54) is 6.20 Å². The van der Waals surface area contributed by atoms with Crippen molar-refractivity contribution in [3.05, 3.63) is 29.6 Å². The van der Waals surface area contributed by atoms with Gasteiger partial charge < -0.3 is 15.2 Å². The van der Waals surface area contributed by atoms with E-state index in [-0.39, 0.29) is 5.69 Å². The minimum atomic E-state index is -1.06. The van der Waals surface area contributed by atoms with Crippen molar-refractivity contribution in [3.63, 3.8) is 0 Å². The normalized spacial score (nSPS) is 11.9. The van der Waals surface area contributed by atoms with Gasteiger partial charge in [0, 0.05) is 19.9 Å². The number of methoxy groups -OCH3 is 1. The molecule has 0 fully saturated rings. The largest absolute Gasteiger partial charge is 0.480 e. The molecule has 6 heteroatoms. The van der Waals surface area contributed by atoms with E-state index in [9.17, 15) is 9.59 Å². The van der Waals surface area contributed by atoms with Crippen LogP contribution >= 0.6 is 0 Å². The number of hydrogen-bond acceptors (Lipinski definition) is 4.